The topological polar surface area (TPSA) is 96.0 Å². The smallest absolute Gasteiger partial charge is 0.306 e. The molecule has 0 spiro atoms. The van der Waals surface area contributed by atoms with E-state index in [2.05, 4.69) is 0 Å². The zero-order valence-electron chi connectivity index (χ0n) is 21.5. The summed E-state index contributed by atoms with van der Waals surface area (Å²) in [6, 6.07) is 19.0. The zero-order valence-corrected chi connectivity index (χ0v) is 21.5. The second-order valence-electron chi connectivity index (χ2n) is 8.92. The molecule has 0 fully saturated rings. The molecule has 0 aliphatic rings. The fourth-order valence-corrected chi connectivity index (χ4v) is 3.57. The van der Waals surface area contributed by atoms with Crippen LogP contribution in [0.4, 0.5) is 0 Å². The van der Waals surface area contributed by atoms with Crippen molar-refractivity contribution in [2.24, 2.45) is 0 Å². The zero-order chi connectivity index (χ0) is 26.6. The molecular formula is C30H38O7. The van der Waals surface area contributed by atoms with Crippen molar-refractivity contribution in [1.29, 1.82) is 0 Å². The molecule has 200 valence electrons. The van der Waals surface area contributed by atoms with Gasteiger partial charge in [0.1, 0.15) is 19.0 Å². The molecule has 0 aromatic heterocycles. The minimum absolute atomic E-state index is 0.00951. The lowest BCUT2D eigenvalue weighted by atomic mass is 10.1. The SMILES string of the molecule is O=C(CCC(=O)OCCCCCCCCC(=O)OCc1ccccc1)CCC(=O)OCc1ccccc1. The molecule has 0 unspecified atom stereocenters. The van der Waals surface area contributed by atoms with E-state index in [1.807, 2.05) is 60.7 Å². The van der Waals surface area contributed by atoms with E-state index in [0.717, 1.165) is 49.7 Å². The van der Waals surface area contributed by atoms with E-state index in [4.69, 9.17) is 14.2 Å². The Kier molecular flexibility index (Phi) is 15.1. The summed E-state index contributed by atoms with van der Waals surface area (Å²) < 4.78 is 15.6. The average Bonchev–Trinajstić information content (AvgIpc) is 2.93. The van der Waals surface area contributed by atoms with Crippen molar-refractivity contribution in [3.05, 3.63) is 71.8 Å². The monoisotopic (exact) mass is 510 g/mol. The van der Waals surface area contributed by atoms with E-state index in [9.17, 15) is 19.2 Å². The van der Waals surface area contributed by atoms with E-state index in [1.54, 1.807) is 0 Å². The third kappa shape index (κ3) is 15.3. The number of carbonyl (C=O) groups is 4. The highest BCUT2D eigenvalue weighted by molar-refractivity contribution is 5.85. The highest BCUT2D eigenvalue weighted by Crippen LogP contribution is 2.10. The van der Waals surface area contributed by atoms with Crippen molar-refractivity contribution in [1.82, 2.24) is 0 Å². The van der Waals surface area contributed by atoms with E-state index in [0.29, 0.717) is 19.6 Å². The fourth-order valence-electron chi connectivity index (χ4n) is 3.57. The first-order chi connectivity index (χ1) is 18.0. The number of ether oxygens (including phenoxy) is 3. The number of Topliss-reactive ketones (excluding diaryl/α,β-unsaturated/α-hetero) is 1. The van der Waals surface area contributed by atoms with Gasteiger partial charge < -0.3 is 14.2 Å². The number of unbranched alkanes of at least 4 members (excludes halogenated alkanes) is 5. The third-order valence-corrected chi connectivity index (χ3v) is 5.74. The van der Waals surface area contributed by atoms with Gasteiger partial charge in [-0.1, -0.05) is 86.3 Å². The molecule has 0 aliphatic heterocycles. The normalized spacial score (nSPS) is 10.5. The Morgan fingerprint density at radius 3 is 1.43 bits per heavy atom. The van der Waals surface area contributed by atoms with Crippen molar-refractivity contribution >= 4 is 23.7 Å². The summed E-state index contributed by atoms with van der Waals surface area (Å²) in [6.07, 6.45) is 6.10. The van der Waals surface area contributed by atoms with Crippen LogP contribution >= 0.6 is 0 Å². The number of benzene rings is 2. The molecule has 0 saturated carbocycles. The summed E-state index contributed by atoms with van der Waals surface area (Å²) in [4.78, 5) is 47.3. The van der Waals surface area contributed by atoms with Crippen molar-refractivity contribution < 1.29 is 33.4 Å². The lowest BCUT2D eigenvalue weighted by molar-refractivity contribution is -0.146. The molecule has 0 N–H and O–H groups in total. The number of rotatable bonds is 19. The van der Waals surface area contributed by atoms with Gasteiger partial charge in [-0.25, -0.2) is 0 Å². The number of hydrogen-bond donors (Lipinski definition) is 0. The first-order valence-electron chi connectivity index (χ1n) is 13.1. The van der Waals surface area contributed by atoms with Gasteiger partial charge in [-0.3, -0.25) is 19.2 Å². The molecule has 0 amide bonds. The molecule has 7 heteroatoms. The van der Waals surface area contributed by atoms with Gasteiger partial charge in [-0.05, 0) is 24.0 Å². The summed E-state index contributed by atoms with van der Waals surface area (Å²) in [7, 11) is 0. The van der Waals surface area contributed by atoms with Crippen molar-refractivity contribution in [2.75, 3.05) is 6.61 Å². The molecule has 2 rings (SSSR count). The van der Waals surface area contributed by atoms with E-state index >= 15 is 0 Å². The Morgan fingerprint density at radius 1 is 0.459 bits per heavy atom. The Hall–Kier alpha value is -3.48. The highest BCUT2D eigenvalue weighted by atomic mass is 16.5. The van der Waals surface area contributed by atoms with E-state index < -0.39 is 11.9 Å². The predicted octanol–water partition coefficient (Wildman–Crippen LogP) is 5.88. The molecular weight excluding hydrogens is 472 g/mol. The van der Waals surface area contributed by atoms with E-state index in [-0.39, 0.29) is 44.0 Å². The van der Waals surface area contributed by atoms with Crippen molar-refractivity contribution in [3.63, 3.8) is 0 Å². The standard InChI is InChI=1S/C30H38O7/c31-27(19-21-30(34)37-24-26-15-9-6-10-16-26)18-20-29(33)35-22-12-4-2-1-3-11-17-28(32)36-23-25-13-7-5-8-14-25/h5-10,13-16H,1-4,11-12,17-24H2. The molecule has 2 aromatic carbocycles. The minimum atomic E-state index is -0.428. The highest BCUT2D eigenvalue weighted by Gasteiger charge is 2.11. The van der Waals surface area contributed by atoms with Gasteiger partial charge in [0.25, 0.3) is 0 Å². The van der Waals surface area contributed by atoms with Crippen LogP contribution in [0.3, 0.4) is 0 Å². The van der Waals surface area contributed by atoms with Gasteiger partial charge >= 0.3 is 17.9 Å². The first kappa shape index (κ1) is 29.7. The number of hydrogen-bond acceptors (Lipinski definition) is 7. The molecule has 2 aromatic rings. The van der Waals surface area contributed by atoms with Crippen LogP contribution in [0.1, 0.15) is 81.8 Å². The van der Waals surface area contributed by atoms with E-state index in [1.165, 1.54) is 0 Å². The maximum Gasteiger partial charge on any atom is 0.306 e. The van der Waals surface area contributed by atoms with Crippen LogP contribution in [0.25, 0.3) is 0 Å². The largest absolute Gasteiger partial charge is 0.466 e. The molecule has 0 atom stereocenters. The predicted molar refractivity (Wildman–Crippen MR) is 139 cm³/mol. The van der Waals surface area contributed by atoms with Crippen LogP contribution in [0.15, 0.2) is 60.7 Å². The molecule has 0 saturated heterocycles. The average molecular weight is 511 g/mol. The van der Waals surface area contributed by atoms with Gasteiger partial charge in [0.05, 0.1) is 19.4 Å². The van der Waals surface area contributed by atoms with Crippen LogP contribution < -0.4 is 0 Å². The maximum absolute atomic E-state index is 11.9. The second kappa shape index (κ2) is 18.7. The minimum Gasteiger partial charge on any atom is -0.466 e. The van der Waals surface area contributed by atoms with Crippen LogP contribution in [0, 0.1) is 0 Å². The number of esters is 3. The molecule has 7 nitrogen and oxygen atoms in total. The van der Waals surface area contributed by atoms with Crippen molar-refractivity contribution in [2.45, 2.75) is 83.8 Å². The molecule has 0 radical (unpaired) electrons. The van der Waals surface area contributed by atoms with Gasteiger partial charge in [0.15, 0.2) is 0 Å². The quantitative estimate of drug-likeness (QED) is 0.132. The number of ketones is 1. The van der Waals surface area contributed by atoms with Gasteiger partial charge in [-0.2, -0.15) is 0 Å². The summed E-state index contributed by atoms with van der Waals surface area (Å²) in [5.74, 6) is -1.15. The Bertz CT molecular complexity index is 941. The van der Waals surface area contributed by atoms with Gasteiger partial charge in [0.2, 0.25) is 0 Å². The van der Waals surface area contributed by atoms with Gasteiger partial charge in [-0.15, -0.1) is 0 Å². The second-order valence-corrected chi connectivity index (χ2v) is 8.92. The summed E-state index contributed by atoms with van der Waals surface area (Å²) in [6.45, 7) is 0.838. The molecule has 0 heterocycles. The third-order valence-electron chi connectivity index (χ3n) is 5.74. The van der Waals surface area contributed by atoms with Crippen LogP contribution in [-0.4, -0.2) is 30.3 Å². The summed E-state index contributed by atoms with van der Waals surface area (Å²) >= 11 is 0. The van der Waals surface area contributed by atoms with Crippen LogP contribution in [0.2, 0.25) is 0 Å². The van der Waals surface area contributed by atoms with Crippen molar-refractivity contribution in [3.8, 4) is 0 Å². The Morgan fingerprint density at radius 2 is 0.892 bits per heavy atom. The Balaban J connectivity index is 1.36. The fraction of sp³-hybridized carbons (Fsp3) is 0.467. The lowest BCUT2D eigenvalue weighted by Crippen LogP contribution is -2.11. The number of carbonyl (C=O) groups excluding carboxylic acids is 4. The Labute approximate surface area is 219 Å². The molecule has 37 heavy (non-hydrogen) atoms. The summed E-state index contributed by atoms with van der Waals surface area (Å²) in [5, 5.41) is 0. The lowest BCUT2D eigenvalue weighted by Gasteiger charge is -2.06. The molecule has 0 aliphatic carbocycles. The van der Waals surface area contributed by atoms with Crippen LogP contribution in [0.5, 0.6) is 0 Å². The maximum atomic E-state index is 11.9. The van der Waals surface area contributed by atoms with Crippen LogP contribution in [-0.2, 0) is 46.6 Å². The first-order valence-corrected chi connectivity index (χ1v) is 13.1. The molecule has 0 bridgehead atoms. The van der Waals surface area contributed by atoms with Gasteiger partial charge in [0, 0.05) is 19.3 Å². The summed E-state index contributed by atoms with van der Waals surface area (Å²) in [5.41, 5.74) is 1.88.